The van der Waals surface area contributed by atoms with Crippen LogP contribution < -0.4 is 5.32 Å². The predicted molar refractivity (Wildman–Crippen MR) is 106 cm³/mol. The topological polar surface area (TPSA) is 108 Å². The van der Waals surface area contributed by atoms with Crippen LogP contribution in [0.2, 0.25) is 0 Å². The van der Waals surface area contributed by atoms with Crippen molar-refractivity contribution in [1.82, 2.24) is 5.32 Å². The molecule has 9 heteroatoms. The Hall–Kier alpha value is -2.68. The van der Waals surface area contributed by atoms with Crippen LogP contribution in [0, 0.1) is 10.1 Å². The van der Waals surface area contributed by atoms with Gasteiger partial charge in [-0.1, -0.05) is 28.1 Å². The van der Waals surface area contributed by atoms with Gasteiger partial charge in [-0.25, -0.2) is 9.59 Å². The molecular formula is C19H21BrN2O6. The molecule has 0 amide bonds. The van der Waals surface area contributed by atoms with Gasteiger partial charge < -0.3 is 14.8 Å². The highest BCUT2D eigenvalue weighted by Gasteiger charge is 2.38. The van der Waals surface area contributed by atoms with Crippen LogP contribution in [0.15, 0.2) is 46.8 Å². The number of esters is 2. The van der Waals surface area contributed by atoms with Crippen LogP contribution in [0.3, 0.4) is 0 Å². The first-order chi connectivity index (χ1) is 13.3. The van der Waals surface area contributed by atoms with Gasteiger partial charge in [0.1, 0.15) is 0 Å². The third-order valence-electron chi connectivity index (χ3n) is 4.31. The molecule has 0 aliphatic carbocycles. The molecule has 0 fully saturated rings. The number of halogens is 1. The van der Waals surface area contributed by atoms with Crippen LogP contribution in [-0.2, 0) is 19.1 Å². The Morgan fingerprint density at radius 2 is 1.86 bits per heavy atom. The Morgan fingerprint density at radius 3 is 2.43 bits per heavy atom. The van der Waals surface area contributed by atoms with E-state index in [0.29, 0.717) is 28.7 Å². The van der Waals surface area contributed by atoms with Crippen LogP contribution in [-0.4, -0.2) is 35.9 Å². The number of hydrogen-bond acceptors (Lipinski definition) is 7. The van der Waals surface area contributed by atoms with Crippen molar-refractivity contribution in [3.05, 3.63) is 62.5 Å². The van der Waals surface area contributed by atoms with Crippen molar-refractivity contribution < 1.29 is 24.0 Å². The number of ether oxygens (including phenoxy) is 2. The summed E-state index contributed by atoms with van der Waals surface area (Å²) in [7, 11) is 1.24. The Morgan fingerprint density at radius 1 is 1.21 bits per heavy atom. The monoisotopic (exact) mass is 452 g/mol. The number of non-ortho nitro benzene ring substituents is 1. The molecule has 0 saturated heterocycles. The summed E-state index contributed by atoms with van der Waals surface area (Å²) in [5.74, 6) is -2.05. The average molecular weight is 453 g/mol. The first kappa shape index (κ1) is 21.6. The zero-order valence-electron chi connectivity index (χ0n) is 15.8. The van der Waals surface area contributed by atoms with Crippen LogP contribution >= 0.6 is 15.9 Å². The lowest BCUT2D eigenvalue weighted by atomic mass is 9.80. The van der Waals surface area contributed by atoms with E-state index in [0.717, 1.165) is 0 Å². The molecule has 1 N–H and O–H groups in total. The van der Waals surface area contributed by atoms with Gasteiger partial charge in [-0.05, 0) is 25.8 Å². The highest BCUT2D eigenvalue weighted by atomic mass is 79.9. The van der Waals surface area contributed by atoms with Gasteiger partial charge in [0.05, 0.1) is 35.7 Å². The summed E-state index contributed by atoms with van der Waals surface area (Å²) >= 11 is 3.28. The molecule has 1 aromatic carbocycles. The molecule has 0 unspecified atom stereocenters. The lowest BCUT2D eigenvalue weighted by molar-refractivity contribution is -0.384. The number of allylic oxidation sites excluding steroid dienone is 2. The fourth-order valence-electron chi connectivity index (χ4n) is 3.09. The van der Waals surface area contributed by atoms with Gasteiger partial charge in [-0.2, -0.15) is 0 Å². The Kier molecular flexibility index (Phi) is 7.33. The van der Waals surface area contributed by atoms with E-state index >= 15 is 0 Å². The van der Waals surface area contributed by atoms with Gasteiger partial charge in [0.25, 0.3) is 5.69 Å². The number of dihydropyridines is 1. The second-order valence-corrected chi connectivity index (χ2v) is 6.95. The van der Waals surface area contributed by atoms with E-state index < -0.39 is 22.8 Å². The number of carbonyl (C=O) groups excluding carboxylic acids is 2. The number of nitro groups is 1. The largest absolute Gasteiger partial charge is 0.466 e. The van der Waals surface area contributed by atoms with E-state index in [-0.39, 0.29) is 23.4 Å². The summed E-state index contributed by atoms with van der Waals surface area (Å²) in [6, 6.07) is 5.86. The third kappa shape index (κ3) is 4.59. The summed E-state index contributed by atoms with van der Waals surface area (Å²) in [5, 5.41) is 14.9. The molecule has 8 nitrogen and oxygen atoms in total. The van der Waals surface area contributed by atoms with E-state index in [9.17, 15) is 19.7 Å². The van der Waals surface area contributed by atoms with E-state index in [1.165, 1.54) is 25.3 Å². The van der Waals surface area contributed by atoms with Gasteiger partial charge >= 0.3 is 11.9 Å². The SMILES string of the molecule is COC(=O)C1=C(C)NC(C)=C(C(=O)OCCCBr)[C@@H]1c1cccc([N+](=O)[O-])c1. The normalized spacial score (nSPS) is 16.5. The number of rotatable bonds is 7. The molecule has 150 valence electrons. The van der Waals surface area contributed by atoms with Crippen LogP contribution in [0.5, 0.6) is 0 Å². The smallest absolute Gasteiger partial charge is 0.336 e. The molecule has 1 aromatic rings. The zero-order valence-corrected chi connectivity index (χ0v) is 17.4. The number of nitrogens with zero attached hydrogens (tertiary/aromatic N) is 1. The summed E-state index contributed by atoms with van der Waals surface area (Å²) < 4.78 is 10.2. The molecule has 0 aromatic heterocycles. The molecule has 1 aliphatic heterocycles. The minimum Gasteiger partial charge on any atom is -0.466 e. The summed E-state index contributed by atoms with van der Waals surface area (Å²) in [5.41, 5.74) is 1.76. The van der Waals surface area contributed by atoms with E-state index in [2.05, 4.69) is 21.2 Å². The number of hydrogen-bond donors (Lipinski definition) is 1. The number of methoxy groups -OCH3 is 1. The lowest BCUT2D eigenvalue weighted by Crippen LogP contribution is -2.32. The summed E-state index contributed by atoms with van der Waals surface area (Å²) in [6.45, 7) is 3.59. The van der Waals surface area contributed by atoms with Crippen LogP contribution in [0.25, 0.3) is 0 Å². The maximum Gasteiger partial charge on any atom is 0.336 e. The van der Waals surface area contributed by atoms with E-state index in [1.54, 1.807) is 19.9 Å². The Balaban J connectivity index is 2.60. The summed E-state index contributed by atoms with van der Waals surface area (Å²) in [6.07, 6.45) is 0.631. The first-order valence-corrected chi connectivity index (χ1v) is 9.68. The maximum absolute atomic E-state index is 12.8. The minimum atomic E-state index is -0.843. The number of carbonyl (C=O) groups is 2. The van der Waals surface area contributed by atoms with E-state index in [1.807, 2.05) is 0 Å². The molecule has 0 spiro atoms. The number of nitrogens with one attached hydrogen (secondary N) is 1. The molecule has 1 heterocycles. The summed E-state index contributed by atoms with van der Waals surface area (Å²) in [4.78, 5) is 36.0. The number of benzene rings is 1. The van der Waals surface area contributed by atoms with Gasteiger partial charge in [-0.3, -0.25) is 10.1 Å². The Labute approximate surface area is 170 Å². The zero-order chi connectivity index (χ0) is 20.8. The van der Waals surface area contributed by atoms with Gasteiger partial charge in [0.15, 0.2) is 0 Å². The minimum absolute atomic E-state index is 0.137. The molecule has 0 bridgehead atoms. The molecule has 1 atom stereocenters. The van der Waals surface area contributed by atoms with Crippen LogP contribution in [0.4, 0.5) is 5.69 Å². The van der Waals surface area contributed by atoms with Crippen molar-refractivity contribution in [3.63, 3.8) is 0 Å². The molecule has 0 radical (unpaired) electrons. The molecule has 0 saturated carbocycles. The average Bonchev–Trinajstić information content (AvgIpc) is 2.67. The van der Waals surface area contributed by atoms with Crippen molar-refractivity contribution in [2.75, 3.05) is 19.0 Å². The van der Waals surface area contributed by atoms with Crippen LogP contribution in [0.1, 0.15) is 31.7 Å². The van der Waals surface area contributed by atoms with Crippen molar-refractivity contribution >= 4 is 33.6 Å². The van der Waals surface area contributed by atoms with Gasteiger partial charge in [0, 0.05) is 28.9 Å². The van der Waals surface area contributed by atoms with Crippen molar-refractivity contribution in [3.8, 4) is 0 Å². The standard InChI is InChI=1S/C19H21BrN2O6/c1-11-15(18(23)27-3)17(13-6-4-7-14(10-13)22(25)26)16(12(2)21-11)19(24)28-9-5-8-20/h4,6-7,10,17,21H,5,8-9H2,1-3H3/t17-/m1/s1. The molecule has 1 aliphatic rings. The third-order valence-corrected chi connectivity index (χ3v) is 4.87. The first-order valence-electron chi connectivity index (χ1n) is 8.56. The number of alkyl halides is 1. The quantitative estimate of drug-likeness (QED) is 0.222. The molecule has 2 rings (SSSR count). The highest BCUT2D eigenvalue weighted by molar-refractivity contribution is 9.09. The van der Waals surface area contributed by atoms with Gasteiger partial charge in [0.2, 0.25) is 0 Å². The fraction of sp³-hybridized carbons (Fsp3) is 0.368. The molecular weight excluding hydrogens is 432 g/mol. The number of nitro benzene ring substituents is 1. The Bertz CT molecular complexity index is 862. The molecule has 28 heavy (non-hydrogen) atoms. The lowest BCUT2D eigenvalue weighted by Gasteiger charge is -2.30. The van der Waals surface area contributed by atoms with Gasteiger partial charge in [-0.15, -0.1) is 0 Å². The second kappa shape index (κ2) is 9.50. The van der Waals surface area contributed by atoms with E-state index in [4.69, 9.17) is 9.47 Å². The predicted octanol–water partition coefficient (Wildman–Crippen LogP) is 3.33. The van der Waals surface area contributed by atoms with Crippen molar-refractivity contribution in [2.45, 2.75) is 26.2 Å². The van der Waals surface area contributed by atoms with Crippen molar-refractivity contribution in [1.29, 1.82) is 0 Å². The maximum atomic E-state index is 12.8. The second-order valence-electron chi connectivity index (χ2n) is 6.16. The fourth-order valence-corrected chi connectivity index (χ4v) is 3.32. The highest BCUT2D eigenvalue weighted by Crippen LogP contribution is 2.40. The van der Waals surface area contributed by atoms with Crippen molar-refractivity contribution in [2.24, 2.45) is 0 Å².